The van der Waals surface area contributed by atoms with Crippen LogP contribution in [0.3, 0.4) is 0 Å². The Morgan fingerprint density at radius 2 is 2.25 bits per heavy atom. The molecule has 0 aliphatic carbocycles. The minimum Gasteiger partial charge on any atom is -0.369 e. The van der Waals surface area contributed by atoms with Crippen LogP contribution < -0.4 is 10.6 Å². The van der Waals surface area contributed by atoms with Crippen LogP contribution in [-0.4, -0.2) is 30.1 Å². The first-order valence-corrected chi connectivity index (χ1v) is 8.97. The summed E-state index contributed by atoms with van der Waals surface area (Å²) in [4.78, 5) is 2.49. The molecule has 0 saturated carbocycles. The first kappa shape index (κ1) is 16.0. The molecule has 0 amide bonds. The molecule has 1 aromatic carbocycles. The van der Waals surface area contributed by atoms with Crippen molar-refractivity contribution < 1.29 is 0 Å². The van der Waals surface area contributed by atoms with Crippen molar-refractivity contribution in [2.75, 3.05) is 23.7 Å². The van der Waals surface area contributed by atoms with Crippen molar-refractivity contribution in [3.63, 3.8) is 0 Å². The highest BCUT2D eigenvalue weighted by Crippen LogP contribution is 2.32. The summed E-state index contributed by atoms with van der Waals surface area (Å²) in [5.74, 6) is 1.20. The van der Waals surface area contributed by atoms with Crippen LogP contribution in [0.5, 0.6) is 0 Å². The van der Waals surface area contributed by atoms with Crippen LogP contribution in [-0.2, 0) is 6.42 Å². The van der Waals surface area contributed by atoms with E-state index < -0.39 is 0 Å². The predicted molar refractivity (Wildman–Crippen MR) is 92.2 cm³/mol. The van der Waals surface area contributed by atoms with Crippen molar-refractivity contribution in [3.05, 3.63) is 28.8 Å². The fraction of sp³-hybridized carbons (Fsp3) is 0.625. The van der Waals surface area contributed by atoms with E-state index in [1.54, 1.807) is 0 Å². The Labute approximate surface area is 132 Å². The van der Waals surface area contributed by atoms with Crippen LogP contribution in [0.25, 0.3) is 0 Å². The molecule has 20 heavy (non-hydrogen) atoms. The van der Waals surface area contributed by atoms with Gasteiger partial charge in [0.1, 0.15) is 0 Å². The van der Waals surface area contributed by atoms with Gasteiger partial charge in [0.15, 0.2) is 0 Å². The second-order valence-electron chi connectivity index (χ2n) is 5.46. The number of rotatable bonds is 5. The van der Waals surface area contributed by atoms with Crippen molar-refractivity contribution in [1.82, 2.24) is 0 Å². The van der Waals surface area contributed by atoms with E-state index in [1.165, 1.54) is 23.4 Å². The van der Waals surface area contributed by atoms with Gasteiger partial charge < -0.3 is 10.6 Å². The standard InChI is InChI=1S/C16H25ClN2S/c1-3-12(18)10-14-15(17)6-5-7-16(14)19-8-9-20-13(4-2)11-19/h5-7,12-13H,3-4,8-11,18H2,1-2H3. The van der Waals surface area contributed by atoms with E-state index in [0.717, 1.165) is 36.2 Å². The molecule has 0 spiro atoms. The minimum absolute atomic E-state index is 0.190. The van der Waals surface area contributed by atoms with Gasteiger partial charge in [0.25, 0.3) is 0 Å². The van der Waals surface area contributed by atoms with Crippen molar-refractivity contribution in [2.24, 2.45) is 5.73 Å². The second kappa shape index (κ2) is 7.58. The highest BCUT2D eigenvalue weighted by Gasteiger charge is 2.22. The van der Waals surface area contributed by atoms with E-state index in [2.05, 4.69) is 42.6 Å². The minimum atomic E-state index is 0.190. The largest absolute Gasteiger partial charge is 0.369 e. The number of nitrogens with zero attached hydrogens (tertiary/aromatic N) is 1. The Morgan fingerprint density at radius 1 is 1.45 bits per heavy atom. The van der Waals surface area contributed by atoms with Gasteiger partial charge in [0, 0.05) is 40.8 Å². The first-order valence-electron chi connectivity index (χ1n) is 7.55. The number of halogens is 1. The number of hydrogen-bond donors (Lipinski definition) is 1. The summed E-state index contributed by atoms with van der Waals surface area (Å²) in [6, 6.07) is 6.43. The lowest BCUT2D eigenvalue weighted by Crippen LogP contribution is -2.38. The summed E-state index contributed by atoms with van der Waals surface area (Å²) in [5.41, 5.74) is 8.66. The van der Waals surface area contributed by atoms with Gasteiger partial charge in [0.2, 0.25) is 0 Å². The highest BCUT2D eigenvalue weighted by molar-refractivity contribution is 8.00. The molecule has 2 nitrogen and oxygen atoms in total. The van der Waals surface area contributed by atoms with Crippen LogP contribution in [0.15, 0.2) is 18.2 Å². The number of thioether (sulfide) groups is 1. The van der Waals surface area contributed by atoms with Crippen molar-refractivity contribution >= 4 is 29.1 Å². The number of nitrogens with two attached hydrogens (primary N) is 1. The van der Waals surface area contributed by atoms with Gasteiger partial charge in [-0.25, -0.2) is 0 Å². The first-order chi connectivity index (χ1) is 9.65. The molecular weight excluding hydrogens is 288 g/mol. The predicted octanol–water partition coefficient (Wildman–Crippen LogP) is 3.95. The molecule has 0 bridgehead atoms. The maximum absolute atomic E-state index is 6.43. The molecule has 1 aromatic rings. The third-order valence-corrected chi connectivity index (χ3v) is 5.75. The fourth-order valence-electron chi connectivity index (χ4n) is 2.64. The Morgan fingerprint density at radius 3 is 2.95 bits per heavy atom. The zero-order valence-corrected chi connectivity index (χ0v) is 14.0. The van der Waals surface area contributed by atoms with Gasteiger partial charge in [0.05, 0.1) is 0 Å². The van der Waals surface area contributed by atoms with Crippen molar-refractivity contribution in [3.8, 4) is 0 Å². The quantitative estimate of drug-likeness (QED) is 0.892. The topological polar surface area (TPSA) is 29.3 Å². The van der Waals surface area contributed by atoms with Crippen LogP contribution in [0.4, 0.5) is 5.69 Å². The SMILES string of the molecule is CCC(N)Cc1c(Cl)cccc1N1CCSC(CC)C1. The lowest BCUT2D eigenvalue weighted by Gasteiger charge is -2.35. The third kappa shape index (κ3) is 3.84. The Balaban J connectivity index is 2.23. The fourth-order valence-corrected chi connectivity index (χ4v) is 4.06. The summed E-state index contributed by atoms with van der Waals surface area (Å²) < 4.78 is 0. The average Bonchev–Trinajstić information content (AvgIpc) is 2.49. The molecular formula is C16H25ClN2S. The zero-order chi connectivity index (χ0) is 14.5. The Bertz CT molecular complexity index is 438. The summed E-state index contributed by atoms with van der Waals surface area (Å²) in [6.07, 6.45) is 3.08. The third-order valence-electron chi connectivity index (χ3n) is 4.02. The Kier molecular flexibility index (Phi) is 6.06. The number of hydrogen-bond acceptors (Lipinski definition) is 3. The van der Waals surface area contributed by atoms with Crippen LogP contribution in [0.2, 0.25) is 5.02 Å². The molecule has 112 valence electrons. The van der Waals surface area contributed by atoms with Gasteiger partial charge in [-0.15, -0.1) is 0 Å². The van der Waals surface area contributed by atoms with Crippen molar-refractivity contribution in [1.29, 1.82) is 0 Å². The highest BCUT2D eigenvalue weighted by atomic mass is 35.5. The summed E-state index contributed by atoms with van der Waals surface area (Å²) in [5, 5.41) is 1.59. The Hall–Kier alpha value is -0.380. The van der Waals surface area contributed by atoms with Crippen LogP contribution in [0.1, 0.15) is 32.3 Å². The van der Waals surface area contributed by atoms with E-state index in [1.807, 2.05) is 6.07 Å². The van der Waals surface area contributed by atoms with Gasteiger partial charge in [-0.3, -0.25) is 0 Å². The number of anilines is 1. The lowest BCUT2D eigenvalue weighted by atomic mass is 10.0. The molecule has 4 heteroatoms. The summed E-state index contributed by atoms with van der Waals surface area (Å²) >= 11 is 8.52. The average molecular weight is 313 g/mol. The normalized spacial score (nSPS) is 21.0. The summed E-state index contributed by atoms with van der Waals surface area (Å²) in [7, 11) is 0. The second-order valence-corrected chi connectivity index (χ2v) is 7.27. The molecule has 1 aliphatic rings. The van der Waals surface area contributed by atoms with E-state index in [9.17, 15) is 0 Å². The smallest absolute Gasteiger partial charge is 0.0459 e. The molecule has 2 N–H and O–H groups in total. The van der Waals surface area contributed by atoms with E-state index in [4.69, 9.17) is 17.3 Å². The molecule has 0 radical (unpaired) electrons. The lowest BCUT2D eigenvalue weighted by molar-refractivity contribution is 0.642. The van der Waals surface area contributed by atoms with E-state index >= 15 is 0 Å². The van der Waals surface area contributed by atoms with E-state index in [0.29, 0.717) is 0 Å². The van der Waals surface area contributed by atoms with Gasteiger partial charge in [-0.05, 0) is 37.0 Å². The van der Waals surface area contributed by atoms with Crippen LogP contribution in [0, 0.1) is 0 Å². The van der Waals surface area contributed by atoms with Crippen molar-refractivity contribution in [2.45, 2.75) is 44.4 Å². The van der Waals surface area contributed by atoms with Gasteiger partial charge in [-0.1, -0.05) is 31.5 Å². The number of benzene rings is 1. The molecule has 2 unspecified atom stereocenters. The molecule has 1 saturated heterocycles. The molecule has 1 aliphatic heterocycles. The molecule has 0 aromatic heterocycles. The zero-order valence-electron chi connectivity index (χ0n) is 12.4. The molecule has 1 heterocycles. The van der Waals surface area contributed by atoms with Crippen LogP contribution >= 0.6 is 23.4 Å². The molecule has 2 atom stereocenters. The molecule has 1 fully saturated rings. The van der Waals surface area contributed by atoms with E-state index in [-0.39, 0.29) is 6.04 Å². The maximum atomic E-state index is 6.43. The molecule has 2 rings (SSSR count). The monoisotopic (exact) mass is 312 g/mol. The summed E-state index contributed by atoms with van der Waals surface area (Å²) in [6.45, 7) is 6.63. The van der Waals surface area contributed by atoms with Gasteiger partial charge >= 0.3 is 0 Å². The van der Waals surface area contributed by atoms with Gasteiger partial charge in [-0.2, -0.15) is 11.8 Å². The maximum Gasteiger partial charge on any atom is 0.0459 e.